The van der Waals surface area contributed by atoms with Crippen molar-refractivity contribution in [1.29, 1.82) is 0 Å². The summed E-state index contributed by atoms with van der Waals surface area (Å²) in [5.74, 6) is -1.04. The van der Waals surface area contributed by atoms with Crippen LogP contribution in [0.4, 0.5) is 0 Å². The number of carbonyl (C=O) groups excluding carboxylic acids is 1. The lowest BCUT2D eigenvalue weighted by molar-refractivity contribution is -0.143. The van der Waals surface area contributed by atoms with Gasteiger partial charge in [0, 0.05) is 6.42 Å². The van der Waals surface area contributed by atoms with Gasteiger partial charge >= 0.3 is 5.97 Å². The van der Waals surface area contributed by atoms with Gasteiger partial charge in [0.1, 0.15) is 6.04 Å². The Kier molecular flexibility index (Phi) is 6.72. The predicted molar refractivity (Wildman–Crippen MR) is 61.9 cm³/mol. The monoisotopic (exact) mass is 230 g/mol. The summed E-state index contributed by atoms with van der Waals surface area (Å²) in [7, 11) is 0. The Balaban J connectivity index is 4.06. The zero-order valence-electron chi connectivity index (χ0n) is 10.2. The van der Waals surface area contributed by atoms with E-state index in [2.05, 4.69) is 5.32 Å². The van der Waals surface area contributed by atoms with E-state index in [0.29, 0.717) is 19.4 Å². The molecule has 0 aromatic rings. The molecule has 0 aromatic heterocycles. The molecule has 0 rings (SSSR count). The first kappa shape index (κ1) is 14.9. The average Bonchev–Trinajstić information content (AvgIpc) is 2.21. The third-order valence-corrected chi connectivity index (χ3v) is 2.52. The fraction of sp³-hybridized carbons (Fsp3) is 0.818. The van der Waals surface area contributed by atoms with Crippen molar-refractivity contribution in [3.63, 3.8) is 0 Å². The Bertz CT molecular complexity index is 241. The highest BCUT2D eigenvalue weighted by Gasteiger charge is 2.23. The van der Waals surface area contributed by atoms with Crippen molar-refractivity contribution < 1.29 is 14.7 Å². The van der Waals surface area contributed by atoms with Gasteiger partial charge in [-0.05, 0) is 24.8 Å². The molecule has 0 aliphatic heterocycles. The Hall–Kier alpha value is -1.10. The van der Waals surface area contributed by atoms with Crippen LogP contribution in [-0.2, 0) is 9.59 Å². The summed E-state index contributed by atoms with van der Waals surface area (Å²) in [4.78, 5) is 22.3. The number of nitrogens with two attached hydrogens (primary N) is 1. The minimum absolute atomic E-state index is 0.117. The van der Waals surface area contributed by atoms with Crippen molar-refractivity contribution in [1.82, 2.24) is 5.32 Å². The zero-order valence-corrected chi connectivity index (χ0v) is 10.2. The minimum Gasteiger partial charge on any atom is -0.480 e. The number of rotatable bonds is 7. The number of hydrogen-bond acceptors (Lipinski definition) is 3. The Labute approximate surface area is 96.4 Å². The molecule has 94 valence electrons. The van der Waals surface area contributed by atoms with Gasteiger partial charge < -0.3 is 16.2 Å². The van der Waals surface area contributed by atoms with E-state index in [0.717, 1.165) is 0 Å². The van der Waals surface area contributed by atoms with Gasteiger partial charge in [-0.25, -0.2) is 4.79 Å². The summed E-state index contributed by atoms with van der Waals surface area (Å²) in [6.45, 7) is 6.04. The van der Waals surface area contributed by atoms with Gasteiger partial charge in [0.2, 0.25) is 5.91 Å². The Morgan fingerprint density at radius 1 is 1.31 bits per heavy atom. The number of hydrogen-bond donors (Lipinski definition) is 3. The lowest BCUT2D eigenvalue weighted by Crippen LogP contribution is -2.44. The highest BCUT2D eigenvalue weighted by Crippen LogP contribution is 2.06. The van der Waals surface area contributed by atoms with E-state index < -0.39 is 12.0 Å². The van der Waals surface area contributed by atoms with Gasteiger partial charge in [-0.1, -0.05) is 20.8 Å². The number of aliphatic carboxylic acids is 1. The summed E-state index contributed by atoms with van der Waals surface area (Å²) >= 11 is 0. The normalized spacial score (nSPS) is 14.6. The van der Waals surface area contributed by atoms with Crippen molar-refractivity contribution >= 4 is 11.9 Å². The number of carboxylic acids is 1. The quantitative estimate of drug-likeness (QED) is 0.596. The van der Waals surface area contributed by atoms with Crippen LogP contribution < -0.4 is 11.1 Å². The number of carboxylic acid groups (broad SMARTS) is 1. The number of amides is 1. The van der Waals surface area contributed by atoms with Crippen LogP contribution in [-0.4, -0.2) is 29.6 Å². The van der Waals surface area contributed by atoms with Crippen LogP contribution >= 0.6 is 0 Å². The van der Waals surface area contributed by atoms with Crippen molar-refractivity contribution in [2.24, 2.45) is 17.6 Å². The molecule has 0 bridgehead atoms. The minimum atomic E-state index is -0.991. The molecule has 0 aliphatic rings. The zero-order chi connectivity index (χ0) is 12.7. The first-order chi connectivity index (χ1) is 7.38. The molecule has 0 saturated carbocycles. The molecule has 16 heavy (non-hydrogen) atoms. The Morgan fingerprint density at radius 3 is 2.25 bits per heavy atom. The fourth-order valence-corrected chi connectivity index (χ4v) is 1.25. The fourth-order valence-electron chi connectivity index (χ4n) is 1.25. The molecule has 2 atom stereocenters. The Morgan fingerprint density at radius 2 is 1.88 bits per heavy atom. The van der Waals surface area contributed by atoms with Crippen LogP contribution in [0.1, 0.15) is 33.6 Å². The molecule has 0 fully saturated rings. The van der Waals surface area contributed by atoms with Crippen LogP contribution in [0.2, 0.25) is 0 Å². The lowest BCUT2D eigenvalue weighted by Gasteiger charge is -2.18. The van der Waals surface area contributed by atoms with E-state index in [4.69, 9.17) is 10.8 Å². The highest BCUT2D eigenvalue weighted by atomic mass is 16.4. The van der Waals surface area contributed by atoms with Gasteiger partial charge in [-0.2, -0.15) is 0 Å². The molecule has 0 saturated heterocycles. The first-order valence-electron chi connectivity index (χ1n) is 5.60. The van der Waals surface area contributed by atoms with Crippen molar-refractivity contribution in [2.75, 3.05) is 6.54 Å². The molecular weight excluding hydrogens is 208 g/mol. The molecule has 5 heteroatoms. The summed E-state index contributed by atoms with van der Waals surface area (Å²) in [5, 5.41) is 11.4. The molecule has 0 heterocycles. The third kappa shape index (κ3) is 5.70. The molecule has 0 radical (unpaired) electrons. The standard InChI is InChI=1S/C11H22N2O3/c1-7(2)10(11(15)16)13-9(14)5-4-8(3)6-12/h7-8,10H,4-6,12H2,1-3H3,(H,13,14)(H,15,16). The lowest BCUT2D eigenvalue weighted by atomic mass is 10.0. The molecule has 1 amide bonds. The first-order valence-corrected chi connectivity index (χ1v) is 5.60. The van der Waals surface area contributed by atoms with Crippen LogP contribution in [0, 0.1) is 11.8 Å². The van der Waals surface area contributed by atoms with Crippen molar-refractivity contribution in [3.05, 3.63) is 0 Å². The summed E-state index contributed by atoms with van der Waals surface area (Å²) in [6.07, 6.45) is 1.02. The highest BCUT2D eigenvalue weighted by molar-refractivity contribution is 5.83. The number of nitrogens with one attached hydrogen (secondary N) is 1. The second kappa shape index (κ2) is 7.22. The van der Waals surface area contributed by atoms with Gasteiger partial charge in [0.05, 0.1) is 0 Å². The van der Waals surface area contributed by atoms with E-state index in [-0.39, 0.29) is 17.7 Å². The van der Waals surface area contributed by atoms with Crippen molar-refractivity contribution in [3.8, 4) is 0 Å². The SMILES string of the molecule is CC(CN)CCC(=O)NC(C(=O)O)C(C)C. The molecule has 0 aliphatic carbocycles. The summed E-state index contributed by atoms with van der Waals surface area (Å²) in [5.41, 5.74) is 5.43. The van der Waals surface area contributed by atoms with Crippen LogP contribution in [0.5, 0.6) is 0 Å². The molecule has 0 aromatic carbocycles. The van der Waals surface area contributed by atoms with Crippen LogP contribution in [0.15, 0.2) is 0 Å². The molecular formula is C11H22N2O3. The topological polar surface area (TPSA) is 92.4 Å². The summed E-state index contributed by atoms with van der Waals surface area (Å²) in [6, 6.07) is -0.805. The molecule has 0 spiro atoms. The molecule has 5 nitrogen and oxygen atoms in total. The van der Waals surface area contributed by atoms with Gasteiger partial charge in [0.25, 0.3) is 0 Å². The molecule has 2 unspecified atom stereocenters. The average molecular weight is 230 g/mol. The summed E-state index contributed by atoms with van der Waals surface area (Å²) < 4.78 is 0. The van der Waals surface area contributed by atoms with E-state index in [1.807, 2.05) is 6.92 Å². The maximum absolute atomic E-state index is 11.5. The van der Waals surface area contributed by atoms with Gasteiger partial charge in [-0.3, -0.25) is 4.79 Å². The molecule has 4 N–H and O–H groups in total. The van der Waals surface area contributed by atoms with Gasteiger partial charge in [0.15, 0.2) is 0 Å². The van der Waals surface area contributed by atoms with Crippen LogP contribution in [0.3, 0.4) is 0 Å². The maximum atomic E-state index is 11.5. The second-order valence-electron chi connectivity index (χ2n) is 4.51. The van der Waals surface area contributed by atoms with Gasteiger partial charge in [-0.15, -0.1) is 0 Å². The smallest absolute Gasteiger partial charge is 0.326 e. The van der Waals surface area contributed by atoms with E-state index in [1.165, 1.54) is 0 Å². The maximum Gasteiger partial charge on any atom is 0.326 e. The largest absolute Gasteiger partial charge is 0.480 e. The van der Waals surface area contributed by atoms with E-state index >= 15 is 0 Å². The van der Waals surface area contributed by atoms with E-state index in [1.54, 1.807) is 13.8 Å². The van der Waals surface area contributed by atoms with Crippen molar-refractivity contribution in [2.45, 2.75) is 39.7 Å². The third-order valence-electron chi connectivity index (χ3n) is 2.52. The van der Waals surface area contributed by atoms with E-state index in [9.17, 15) is 9.59 Å². The van der Waals surface area contributed by atoms with Crippen LogP contribution in [0.25, 0.3) is 0 Å². The number of carbonyl (C=O) groups is 2. The predicted octanol–water partition coefficient (Wildman–Crippen LogP) is 0.587. The second-order valence-corrected chi connectivity index (χ2v) is 4.51.